The van der Waals surface area contributed by atoms with Crippen LogP contribution >= 0.6 is 23.2 Å². The van der Waals surface area contributed by atoms with Crippen molar-refractivity contribution in [2.24, 2.45) is 0 Å². The number of hydrogen-bond donors (Lipinski definition) is 0. The molecule has 0 unspecified atom stereocenters. The normalized spacial score (nSPS) is 11.2. The Balaban J connectivity index is 3.58. The number of carbonyl (C=O) groups is 1. The lowest BCUT2D eigenvalue weighted by molar-refractivity contribution is -0.143. The summed E-state index contributed by atoms with van der Waals surface area (Å²) in [4.78, 5) is 10.7. The van der Waals surface area contributed by atoms with Crippen LogP contribution < -0.4 is 0 Å². The molecule has 0 spiro atoms. The molecule has 0 atom stereocenters. The Bertz CT molecular complexity index is 117. The summed E-state index contributed by atoms with van der Waals surface area (Å²) in [6.07, 6.45) is 0.0317. The minimum Gasteiger partial charge on any atom is -0.466 e. The number of alkyl halides is 2. The predicted octanol–water partition coefficient (Wildman–Crippen LogP) is 2.13. The van der Waals surface area contributed by atoms with E-state index in [4.69, 9.17) is 23.2 Å². The van der Waals surface area contributed by atoms with E-state index < -0.39 is 4.33 Å². The van der Waals surface area contributed by atoms with Gasteiger partial charge in [-0.05, 0) is 13.8 Å². The molecule has 0 heterocycles. The van der Waals surface area contributed by atoms with Gasteiger partial charge in [-0.1, -0.05) is 0 Å². The molecular weight excluding hydrogens is 175 g/mol. The van der Waals surface area contributed by atoms with Crippen LogP contribution in [0.15, 0.2) is 0 Å². The molecule has 0 saturated heterocycles. The van der Waals surface area contributed by atoms with E-state index in [2.05, 4.69) is 4.74 Å². The van der Waals surface area contributed by atoms with Crippen molar-refractivity contribution in [1.29, 1.82) is 0 Å². The number of halogens is 2. The number of ether oxygens (including phenoxy) is 1. The van der Waals surface area contributed by atoms with Gasteiger partial charge in [0.2, 0.25) is 0 Å². The van der Waals surface area contributed by atoms with Gasteiger partial charge in [0.15, 0.2) is 0 Å². The summed E-state index contributed by atoms with van der Waals surface area (Å²) in [6, 6.07) is 0. The van der Waals surface area contributed by atoms with Crippen molar-refractivity contribution in [3.63, 3.8) is 0 Å². The van der Waals surface area contributed by atoms with Gasteiger partial charge >= 0.3 is 5.97 Å². The third-order valence-corrected chi connectivity index (χ3v) is 1.03. The van der Waals surface area contributed by atoms with E-state index in [9.17, 15) is 4.79 Å². The molecule has 0 amide bonds. The van der Waals surface area contributed by atoms with Crippen LogP contribution in [0.4, 0.5) is 0 Å². The standard InChI is InChI=1S/C6H10Cl2O2/c1-3-10-5(9)4-6(2,7)8/h3-4H2,1-2H3. The second-order valence-corrected chi connectivity index (χ2v) is 3.91. The van der Waals surface area contributed by atoms with E-state index in [0.717, 1.165) is 0 Å². The molecule has 0 rings (SSSR count). The van der Waals surface area contributed by atoms with Gasteiger partial charge in [0, 0.05) is 0 Å². The number of esters is 1. The quantitative estimate of drug-likeness (QED) is 0.497. The van der Waals surface area contributed by atoms with Gasteiger partial charge < -0.3 is 4.74 Å². The average Bonchev–Trinajstić information content (AvgIpc) is 1.59. The Labute approximate surface area is 70.4 Å². The molecule has 0 N–H and O–H groups in total. The molecular formula is C6H10Cl2O2. The zero-order chi connectivity index (χ0) is 8.20. The Morgan fingerprint density at radius 2 is 2.10 bits per heavy atom. The molecule has 0 aromatic heterocycles. The second-order valence-electron chi connectivity index (χ2n) is 2.05. The van der Waals surface area contributed by atoms with Gasteiger partial charge in [-0.2, -0.15) is 0 Å². The third-order valence-electron chi connectivity index (χ3n) is 0.760. The maximum Gasteiger partial charge on any atom is 0.308 e. The highest BCUT2D eigenvalue weighted by molar-refractivity contribution is 6.48. The van der Waals surface area contributed by atoms with Crippen molar-refractivity contribution < 1.29 is 9.53 Å². The fourth-order valence-corrected chi connectivity index (χ4v) is 0.684. The van der Waals surface area contributed by atoms with Gasteiger partial charge in [-0.15, -0.1) is 23.2 Å². The lowest BCUT2D eigenvalue weighted by Crippen LogP contribution is -2.16. The van der Waals surface area contributed by atoms with Gasteiger partial charge in [-0.25, -0.2) is 0 Å². The molecule has 4 heteroatoms. The Morgan fingerprint density at radius 3 is 2.40 bits per heavy atom. The summed E-state index contributed by atoms with van der Waals surface area (Å²) < 4.78 is 3.60. The van der Waals surface area contributed by atoms with Crippen LogP contribution in [0.5, 0.6) is 0 Å². The molecule has 0 bridgehead atoms. The monoisotopic (exact) mass is 184 g/mol. The van der Waals surface area contributed by atoms with Crippen molar-refractivity contribution in [2.75, 3.05) is 6.61 Å². The van der Waals surface area contributed by atoms with Gasteiger partial charge in [0.1, 0.15) is 4.33 Å². The van der Waals surface area contributed by atoms with Crippen LogP contribution in [0.3, 0.4) is 0 Å². The van der Waals surface area contributed by atoms with E-state index in [1.165, 1.54) is 0 Å². The first-order valence-corrected chi connectivity index (χ1v) is 3.75. The summed E-state index contributed by atoms with van der Waals surface area (Å²) in [5.41, 5.74) is 0. The topological polar surface area (TPSA) is 26.3 Å². The minimum absolute atomic E-state index is 0.0317. The zero-order valence-corrected chi connectivity index (χ0v) is 7.50. The first kappa shape index (κ1) is 10.0. The van der Waals surface area contributed by atoms with Crippen molar-refractivity contribution in [2.45, 2.75) is 24.6 Å². The highest BCUT2D eigenvalue weighted by Crippen LogP contribution is 2.24. The number of hydrogen-bond acceptors (Lipinski definition) is 2. The first-order valence-electron chi connectivity index (χ1n) is 2.99. The number of carbonyl (C=O) groups excluding carboxylic acids is 1. The zero-order valence-electron chi connectivity index (χ0n) is 5.99. The Kier molecular flexibility index (Phi) is 4.06. The summed E-state index contributed by atoms with van der Waals surface area (Å²) in [5, 5.41) is 0. The molecule has 0 fully saturated rings. The van der Waals surface area contributed by atoms with Crippen LogP contribution in [0, 0.1) is 0 Å². The third kappa shape index (κ3) is 6.17. The predicted molar refractivity (Wildman–Crippen MR) is 41.4 cm³/mol. The van der Waals surface area contributed by atoms with Crippen molar-refractivity contribution >= 4 is 29.2 Å². The maximum atomic E-state index is 10.7. The van der Waals surface area contributed by atoms with Crippen LogP contribution in [0.2, 0.25) is 0 Å². The van der Waals surface area contributed by atoms with Crippen LogP contribution in [0.1, 0.15) is 20.3 Å². The Morgan fingerprint density at radius 1 is 1.60 bits per heavy atom. The van der Waals surface area contributed by atoms with E-state index in [0.29, 0.717) is 6.61 Å². The molecule has 10 heavy (non-hydrogen) atoms. The molecule has 0 aromatic rings. The van der Waals surface area contributed by atoms with E-state index >= 15 is 0 Å². The molecule has 0 aliphatic rings. The Hall–Kier alpha value is 0.0500. The SMILES string of the molecule is CCOC(=O)CC(C)(Cl)Cl. The average molecular weight is 185 g/mol. The largest absolute Gasteiger partial charge is 0.466 e. The molecule has 60 valence electrons. The summed E-state index contributed by atoms with van der Waals surface area (Å²) in [6.45, 7) is 3.65. The molecule has 0 saturated carbocycles. The highest BCUT2D eigenvalue weighted by Gasteiger charge is 2.21. The van der Waals surface area contributed by atoms with Gasteiger partial charge in [0.05, 0.1) is 13.0 Å². The first-order chi connectivity index (χ1) is 4.45. The molecule has 0 aliphatic carbocycles. The highest BCUT2D eigenvalue weighted by atomic mass is 35.5. The summed E-state index contributed by atoms with van der Waals surface area (Å²) >= 11 is 11.1. The van der Waals surface area contributed by atoms with E-state index in [-0.39, 0.29) is 12.4 Å². The van der Waals surface area contributed by atoms with Crippen LogP contribution in [-0.4, -0.2) is 16.9 Å². The van der Waals surface area contributed by atoms with Crippen molar-refractivity contribution in [3.05, 3.63) is 0 Å². The number of rotatable bonds is 3. The fraction of sp³-hybridized carbons (Fsp3) is 0.833. The van der Waals surface area contributed by atoms with Crippen molar-refractivity contribution in [3.8, 4) is 0 Å². The summed E-state index contributed by atoms with van der Waals surface area (Å²) in [7, 11) is 0. The summed E-state index contributed by atoms with van der Waals surface area (Å²) in [5.74, 6) is -0.366. The molecule has 2 nitrogen and oxygen atoms in total. The van der Waals surface area contributed by atoms with Gasteiger partial charge in [-0.3, -0.25) is 4.79 Å². The van der Waals surface area contributed by atoms with E-state index in [1.807, 2.05) is 0 Å². The lowest BCUT2D eigenvalue weighted by atomic mass is 10.3. The van der Waals surface area contributed by atoms with Crippen LogP contribution in [-0.2, 0) is 9.53 Å². The lowest BCUT2D eigenvalue weighted by Gasteiger charge is -2.10. The van der Waals surface area contributed by atoms with E-state index in [1.54, 1.807) is 13.8 Å². The van der Waals surface area contributed by atoms with Crippen molar-refractivity contribution in [1.82, 2.24) is 0 Å². The van der Waals surface area contributed by atoms with Crippen LogP contribution in [0.25, 0.3) is 0 Å². The maximum absolute atomic E-state index is 10.7. The smallest absolute Gasteiger partial charge is 0.308 e. The molecule has 0 aromatic carbocycles. The van der Waals surface area contributed by atoms with Gasteiger partial charge in [0.25, 0.3) is 0 Å². The second kappa shape index (κ2) is 4.04. The molecule has 0 aliphatic heterocycles. The minimum atomic E-state index is -1.01. The molecule has 0 radical (unpaired) electrons. The fourth-order valence-electron chi connectivity index (χ4n) is 0.465.